The van der Waals surface area contributed by atoms with E-state index in [2.05, 4.69) is 10.1 Å². The summed E-state index contributed by atoms with van der Waals surface area (Å²) in [5.41, 5.74) is 2.61. The van der Waals surface area contributed by atoms with E-state index in [-0.39, 0.29) is 12.5 Å². The van der Waals surface area contributed by atoms with Crippen LogP contribution in [0.15, 0.2) is 53.1 Å². The molecule has 0 N–H and O–H groups in total. The van der Waals surface area contributed by atoms with Crippen molar-refractivity contribution in [3.05, 3.63) is 65.5 Å². The maximum atomic E-state index is 12.5. The van der Waals surface area contributed by atoms with Crippen LogP contribution >= 0.6 is 0 Å². The van der Waals surface area contributed by atoms with E-state index in [1.165, 1.54) is 4.90 Å². The maximum absolute atomic E-state index is 12.5. The molecule has 2 aromatic carbocycles. The summed E-state index contributed by atoms with van der Waals surface area (Å²) in [5.74, 6) is 1.48. The van der Waals surface area contributed by atoms with Crippen molar-refractivity contribution in [2.24, 2.45) is 0 Å². The summed E-state index contributed by atoms with van der Waals surface area (Å²) in [5, 5.41) is 3.98. The average molecular weight is 337 g/mol. The van der Waals surface area contributed by atoms with Gasteiger partial charge in [-0.05, 0) is 31.2 Å². The van der Waals surface area contributed by atoms with E-state index in [1.807, 2.05) is 31.2 Å². The maximum Gasteiger partial charge on any atom is 0.254 e. The number of aryl methyl sites for hydroxylation is 1. The predicted octanol–water partition coefficient (Wildman–Crippen LogP) is 3.33. The van der Waals surface area contributed by atoms with Crippen molar-refractivity contribution in [1.82, 2.24) is 15.0 Å². The molecule has 128 valence electrons. The number of methoxy groups -OCH3 is 1. The first-order valence-electron chi connectivity index (χ1n) is 7.86. The molecule has 0 spiro atoms. The van der Waals surface area contributed by atoms with Gasteiger partial charge in [-0.25, -0.2) is 0 Å². The minimum Gasteiger partial charge on any atom is -0.497 e. The van der Waals surface area contributed by atoms with Gasteiger partial charge in [0.1, 0.15) is 5.75 Å². The number of hydrogen-bond donors (Lipinski definition) is 0. The van der Waals surface area contributed by atoms with Crippen LogP contribution in [0.25, 0.3) is 11.4 Å². The Bertz CT molecular complexity index is 854. The second-order valence-electron chi connectivity index (χ2n) is 5.77. The molecule has 0 bridgehead atoms. The molecule has 25 heavy (non-hydrogen) atoms. The summed E-state index contributed by atoms with van der Waals surface area (Å²) in [6.07, 6.45) is 0. The summed E-state index contributed by atoms with van der Waals surface area (Å²) in [7, 11) is 3.28. The molecule has 0 unspecified atom stereocenters. The van der Waals surface area contributed by atoms with Crippen molar-refractivity contribution in [3.8, 4) is 17.1 Å². The zero-order valence-electron chi connectivity index (χ0n) is 14.4. The summed E-state index contributed by atoms with van der Waals surface area (Å²) in [6.45, 7) is 2.26. The Labute approximate surface area is 146 Å². The minimum absolute atomic E-state index is 0.127. The van der Waals surface area contributed by atoms with Crippen molar-refractivity contribution in [1.29, 1.82) is 0 Å². The molecule has 1 aromatic heterocycles. The monoisotopic (exact) mass is 337 g/mol. The van der Waals surface area contributed by atoms with Gasteiger partial charge < -0.3 is 14.2 Å². The van der Waals surface area contributed by atoms with Crippen molar-refractivity contribution < 1.29 is 14.1 Å². The lowest BCUT2D eigenvalue weighted by molar-refractivity contribution is 0.0769. The molecule has 0 aliphatic rings. The fourth-order valence-electron chi connectivity index (χ4n) is 2.37. The second kappa shape index (κ2) is 7.17. The van der Waals surface area contributed by atoms with Crippen LogP contribution in [0.3, 0.4) is 0 Å². The summed E-state index contributed by atoms with van der Waals surface area (Å²) in [6, 6.07) is 14.8. The number of ether oxygens (including phenoxy) is 1. The predicted molar refractivity (Wildman–Crippen MR) is 93.3 cm³/mol. The molecule has 6 heteroatoms. The lowest BCUT2D eigenvalue weighted by Gasteiger charge is -2.14. The van der Waals surface area contributed by atoms with Gasteiger partial charge in [-0.2, -0.15) is 4.98 Å². The Balaban J connectivity index is 1.69. The SMILES string of the molecule is COc1ccc(C(=O)N(C)Cc2nc(-c3ccc(C)cc3)no2)cc1. The van der Waals surface area contributed by atoms with Crippen molar-refractivity contribution >= 4 is 5.91 Å². The van der Waals surface area contributed by atoms with E-state index >= 15 is 0 Å². The fourth-order valence-corrected chi connectivity index (χ4v) is 2.37. The smallest absolute Gasteiger partial charge is 0.254 e. The molecule has 1 amide bonds. The van der Waals surface area contributed by atoms with Crippen LogP contribution in [0.4, 0.5) is 0 Å². The number of aromatic nitrogens is 2. The van der Waals surface area contributed by atoms with Crippen LogP contribution in [0.1, 0.15) is 21.8 Å². The van der Waals surface area contributed by atoms with Gasteiger partial charge in [0.15, 0.2) is 0 Å². The molecule has 3 aromatic rings. The highest BCUT2D eigenvalue weighted by Gasteiger charge is 2.16. The molecule has 0 radical (unpaired) electrons. The highest BCUT2D eigenvalue weighted by atomic mass is 16.5. The number of rotatable bonds is 5. The molecule has 0 aliphatic carbocycles. The van der Waals surface area contributed by atoms with E-state index < -0.39 is 0 Å². The van der Waals surface area contributed by atoms with Crippen LogP contribution in [0, 0.1) is 6.92 Å². The third kappa shape index (κ3) is 3.85. The molecule has 0 atom stereocenters. The number of hydrogen-bond acceptors (Lipinski definition) is 5. The van der Waals surface area contributed by atoms with Gasteiger partial charge in [-0.3, -0.25) is 4.79 Å². The standard InChI is InChI=1S/C19H19N3O3/c1-13-4-6-14(7-5-13)18-20-17(25-21-18)12-22(2)19(23)15-8-10-16(24-3)11-9-15/h4-11H,12H2,1-3H3. The Morgan fingerprint density at radius 1 is 1.12 bits per heavy atom. The number of carbonyl (C=O) groups is 1. The number of carbonyl (C=O) groups excluding carboxylic acids is 1. The van der Waals surface area contributed by atoms with Gasteiger partial charge in [-0.1, -0.05) is 35.0 Å². The fraction of sp³-hybridized carbons (Fsp3) is 0.211. The van der Waals surface area contributed by atoms with Crippen molar-refractivity contribution in [2.45, 2.75) is 13.5 Å². The highest BCUT2D eigenvalue weighted by Crippen LogP contribution is 2.18. The first-order chi connectivity index (χ1) is 12.1. The Kier molecular flexibility index (Phi) is 4.79. The van der Waals surface area contributed by atoms with Gasteiger partial charge in [0.25, 0.3) is 5.91 Å². The molecule has 6 nitrogen and oxygen atoms in total. The first-order valence-corrected chi connectivity index (χ1v) is 7.86. The van der Waals surface area contributed by atoms with E-state index in [9.17, 15) is 4.79 Å². The van der Waals surface area contributed by atoms with Gasteiger partial charge in [-0.15, -0.1) is 0 Å². The third-order valence-electron chi connectivity index (χ3n) is 3.83. The largest absolute Gasteiger partial charge is 0.497 e. The number of nitrogens with zero attached hydrogens (tertiary/aromatic N) is 3. The molecule has 0 aliphatic heterocycles. The van der Waals surface area contributed by atoms with Crippen molar-refractivity contribution in [2.75, 3.05) is 14.2 Å². The van der Waals surface area contributed by atoms with Gasteiger partial charge in [0.2, 0.25) is 11.7 Å². The number of amides is 1. The normalized spacial score (nSPS) is 10.5. The van der Waals surface area contributed by atoms with Crippen LogP contribution in [0.2, 0.25) is 0 Å². The number of benzene rings is 2. The Hall–Kier alpha value is -3.15. The molecule has 0 saturated carbocycles. The second-order valence-corrected chi connectivity index (χ2v) is 5.77. The summed E-state index contributed by atoms with van der Waals surface area (Å²) in [4.78, 5) is 18.4. The minimum atomic E-state index is -0.127. The zero-order valence-corrected chi connectivity index (χ0v) is 14.4. The van der Waals surface area contributed by atoms with Crippen LogP contribution in [-0.2, 0) is 6.54 Å². The average Bonchev–Trinajstić information content (AvgIpc) is 3.10. The highest BCUT2D eigenvalue weighted by molar-refractivity contribution is 5.94. The molecule has 1 heterocycles. The topological polar surface area (TPSA) is 68.5 Å². The van der Waals surface area contributed by atoms with E-state index in [4.69, 9.17) is 9.26 Å². The lowest BCUT2D eigenvalue weighted by Crippen LogP contribution is -2.26. The van der Waals surface area contributed by atoms with E-state index in [0.29, 0.717) is 23.0 Å². The first kappa shape index (κ1) is 16.7. The zero-order chi connectivity index (χ0) is 17.8. The third-order valence-corrected chi connectivity index (χ3v) is 3.83. The van der Waals surface area contributed by atoms with Crippen LogP contribution < -0.4 is 4.74 Å². The van der Waals surface area contributed by atoms with Crippen LogP contribution in [0.5, 0.6) is 5.75 Å². The quantitative estimate of drug-likeness (QED) is 0.714. The van der Waals surface area contributed by atoms with Gasteiger partial charge >= 0.3 is 0 Å². The molecule has 0 saturated heterocycles. The Morgan fingerprint density at radius 2 is 1.80 bits per heavy atom. The van der Waals surface area contributed by atoms with E-state index in [1.54, 1.807) is 38.4 Å². The summed E-state index contributed by atoms with van der Waals surface area (Å²) < 4.78 is 10.4. The molecular formula is C19H19N3O3. The lowest BCUT2D eigenvalue weighted by atomic mass is 10.1. The van der Waals surface area contributed by atoms with E-state index in [0.717, 1.165) is 11.1 Å². The van der Waals surface area contributed by atoms with Crippen LogP contribution in [-0.4, -0.2) is 35.1 Å². The van der Waals surface area contributed by atoms with Gasteiger partial charge in [0.05, 0.1) is 13.7 Å². The molecular weight excluding hydrogens is 318 g/mol. The molecule has 3 rings (SSSR count). The molecule has 0 fully saturated rings. The Morgan fingerprint density at radius 3 is 2.44 bits per heavy atom. The summed E-state index contributed by atoms with van der Waals surface area (Å²) >= 11 is 0. The van der Waals surface area contributed by atoms with Gasteiger partial charge in [0, 0.05) is 18.2 Å². The van der Waals surface area contributed by atoms with Crippen molar-refractivity contribution in [3.63, 3.8) is 0 Å².